The predicted molar refractivity (Wildman–Crippen MR) is 140 cm³/mol. The molecular weight excluding hydrogens is 524 g/mol. The van der Waals surface area contributed by atoms with Crippen molar-refractivity contribution in [2.45, 2.75) is 63.6 Å². The van der Waals surface area contributed by atoms with E-state index in [1.165, 1.54) is 37.0 Å². The molecular formula is C23H30N4O6S3. The number of carbonyl (C=O) groups excluding carboxylic acids is 4. The van der Waals surface area contributed by atoms with Crippen molar-refractivity contribution in [3.05, 3.63) is 16.0 Å². The van der Waals surface area contributed by atoms with Gasteiger partial charge in [-0.05, 0) is 38.7 Å². The van der Waals surface area contributed by atoms with E-state index >= 15 is 0 Å². The quantitative estimate of drug-likeness (QED) is 0.213. The lowest BCUT2D eigenvalue weighted by atomic mass is 10.0. The minimum Gasteiger partial charge on any atom is -0.462 e. The molecule has 2 aromatic heterocycles. The molecule has 2 amide bonds. The normalized spacial score (nSPS) is 13.4. The summed E-state index contributed by atoms with van der Waals surface area (Å²) in [6.45, 7) is 5.32. The number of amides is 2. The maximum absolute atomic E-state index is 12.6. The Labute approximate surface area is 221 Å². The van der Waals surface area contributed by atoms with Crippen LogP contribution >= 0.6 is 34.4 Å². The summed E-state index contributed by atoms with van der Waals surface area (Å²) in [6.07, 6.45) is 6.25. The molecule has 1 aliphatic rings. The van der Waals surface area contributed by atoms with Crippen molar-refractivity contribution < 1.29 is 28.7 Å². The molecule has 1 saturated carbocycles. The fourth-order valence-electron chi connectivity index (χ4n) is 3.87. The monoisotopic (exact) mass is 554 g/mol. The Morgan fingerprint density at radius 3 is 2.36 bits per heavy atom. The van der Waals surface area contributed by atoms with Crippen LogP contribution in [0.15, 0.2) is 4.34 Å². The number of nitrogens with one attached hydrogen (secondary N) is 2. The molecule has 0 aliphatic heterocycles. The summed E-state index contributed by atoms with van der Waals surface area (Å²) < 4.78 is 10.7. The molecule has 0 bridgehead atoms. The first kappa shape index (κ1) is 28.1. The van der Waals surface area contributed by atoms with Crippen molar-refractivity contribution in [3.63, 3.8) is 0 Å². The van der Waals surface area contributed by atoms with Crippen LogP contribution in [-0.2, 0) is 19.1 Å². The Bertz CT molecular complexity index is 1090. The second kappa shape index (κ2) is 13.7. The molecule has 0 aromatic carbocycles. The van der Waals surface area contributed by atoms with E-state index in [0.717, 1.165) is 29.5 Å². The smallest absolute Gasteiger partial charge is 0.348 e. The second-order valence-electron chi connectivity index (χ2n) is 8.15. The summed E-state index contributed by atoms with van der Waals surface area (Å²) in [6, 6.07) is 0. The number of ether oxygens (including phenoxy) is 2. The van der Waals surface area contributed by atoms with Gasteiger partial charge in [-0.1, -0.05) is 48.8 Å². The Kier molecular flexibility index (Phi) is 10.7. The largest absolute Gasteiger partial charge is 0.462 e. The molecule has 0 saturated heterocycles. The van der Waals surface area contributed by atoms with Crippen molar-refractivity contribution in [3.8, 4) is 0 Å². The van der Waals surface area contributed by atoms with E-state index in [1.54, 1.807) is 20.8 Å². The summed E-state index contributed by atoms with van der Waals surface area (Å²) >= 11 is 3.33. The third-order valence-corrected chi connectivity index (χ3v) is 8.73. The number of hydrogen-bond acceptors (Lipinski definition) is 11. The van der Waals surface area contributed by atoms with Crippen LogP contribution in [0.5, 0.6) is 0 Å². The molecule has 2 N–H and O–H groups in total. The first-order valence-electron chi connectivity index (χ1n) is 11.9. The maximum atomic E-state index is 12.6. The van der Waals surface area contributed by atoms with E-state index in [9.17, 15) is 19.2 Å². The SMILES string of the molecule is CCOC(=O)c1sc(NC(=O)CSc2nnc(NC(=O)CCC3CCCC3)s2)c(C(=O)OCC)c1C. The highest BCUT2D eigenvalue weighted by Gasteiger charge is 2.27. The fourth-order valence-corrected chi connectivity index (χ4v) is 6.54. The third-order valence-electron chi connectivity index (χ3n) is 5.57. The van der Waals surface area contributed by atoms with E-state index in [4.69, 9.17) is 9.47 Å². The highest BCUT2D eigenvalue weighted by atomic mass is 32.2. The van der Waals surface area contributed by atoms with Gasteiger partial charge >= 0.3 is 11.9 Å². The van der Waals surface area contributed by atoms with Crippen LogP contribution in [0.1, 0.15) is 78.0 Å². The molecule has 2 heterocycles. The first-order chi connectivity index (χ1) is 17.3. The summed E-state index contributed by atoms with van der Waals surface area (Å²) in [5.41, 5.74) is 0.541. The van der Waals surface area contributed by atoms with Gasteiger partial charge in [0.1, 0.15) is 9.88 Å². The zero-order valence-electron chi connectivity index (χ0n) is 20.5. The highest BCUT2D eigenvalue weighted by molar-refractivity contribution is 8.01. The average Bonchev–Trinajstić information content (AvgIpc) is 3.58. The minimum absolute atomic E-state index is 0.00177. The Morgan fingerprint density at radius 2 is 1.67 bits per heavy atom. The zero-order valence-corrected chi connectivity index (χ0v) is 23.0. The summed E-state index contributed by atoms with van der Waals surface area (Å²) in [7, 11) is 0. The standard InChI is InChI=1S/C23H30N4O6S3/c1-4-32-20(30)17-13(3)18(21(31)33-5-2)35-19(17)24-16(29)12-34-23-27-26-22(36-23)25-15(28)11-10-14-8-6-7-9-14/h14H,4-12H2,1-3H3,(H,24,29)(H,25,26,28). The topological polar surface area (TPSA) is 137 Å². The van der Waals surface area contributed by atoms with Gasteiger partial charge in [0.2, 0.25) is 16.9 Å². The Balaban J connectivity index is 1.55. The molecule has 0 spiro atoms. The summed E-state index contributed by atoms with van der Waals surface area (Å²) in [5.74, 6) is -1.02. The van der Waals surface area contributed by atoms with E-state index in [-0.39, 0.29) is 46.2 Å². The van der Waals surface area contributed by atoms with Gasteiger partial charge in [-0.3, -0.25) is 9.59 Å². The first-order valence-corrected chi connectivity index (χ1v) is 14.5. The molecule has 2 aromatic rings. The van der Waals surface area contributed by atoms with Gasteiger partial charge in [-0.15, -0.1) is 21.5 Å². The van der Waals surface area contributed by atoms with E-state index in [2.05, 4.69) is 20.8 Å². The van der Waals surface area contributed by atoms with Crippen LogP contribution in [0.4, 0.5) is 10.1 Å². The molecule has 3 rings (SSSR count). The number of carbonyl (C=O) groups is 4. The number of anilines is 2. The maximum Gasteiger partial charge on any atom is 0.348 e. The molecule has 13 heteroatoms. The number of thiophene rings is 1. The van der Waals surface area contributed by atoms with Crippen molar-refractivity contribution in [2.24, 2.45) is 5.92 Å². The van der Waals surface area contributed by atoms with Gasteiger partial charge in [-0.25, -0.2) is 9.59 Å². The predicted octanol–water partition coefficient (Wildman–Crippen LogP) is 4.90. The van der Waals surface area contributed by atoms with Crippen LogP contribution in [0.2, 0.25) is 0 Å². The van der Waals surface area contributed by atoms with Gasteiger partial charge in [0.05, 0.1) is 24.5 Å². The Hall–Kier alpha value is -2.51. The van der Waals surface area contributed by atoms with Crippen molar-refractivity contribution in [1.82, 2.24) is 10.2 Å². The molecule has 0 radical (unpaired) electrons. The fraction of sp³-hybridized carbons (Fsp3) is 0.565. The number of nitrogens with zero attached hydrogens (tertiary/aromatic N) is 2. The molecule has 1 aliphatic carbocycles. The molecule has 1 fully saturated rings. The second-order valence-corrected chi connectivity index (χ2v) is 11.4. The summed E-state index contributed by atoms with van der Waals surface area (Å²) in [4.78, 5) is 49.8. The lowest BCUT2D eigenvalue weighted by Crippen LogP contribution is -2.16. The Morgan fingerprint density at radius 1 is 0.972 bits per heavy atom. The lowest BCUT2D eigenvalue weighted by molar-refractivity contribution is -0.116. The van der Waals surface area contributed by atoms with E-state index in [1.807, 2.05) is 0 Å². The number of hydrogen-bond donors (Lipinski definition) is 2. The van der Waals surface area contributed by atoms with Gasteiger partial charge in [-0.2, -0.15) is 0 Å². The van der Waals surface area contributed by atoms with Crippen LogP contribution in [0.3, 0.4) is 0 Å². The van der Waals surface area contributed by atoms with Crippen molar-refractivity contribution in [1.29, 1.82) is 0 Å². The van der Waals surface area contributed by atoms with Crippen LogP contribution in [0, 0.1) is 12.8 Å². The summed E-state index contributed by atoms with van der Waals surface area (Å²) in [5, 5.41) is 14.1. The average molecular weight is 555 g/mol. The van der Waals surface area contributed by atoms with Crippen LogP contribution < -0.4 is 10.6 Å². The number of aromatic nitrogens is 2. The zero-order chi connectivity index (χ0) is 26.1. The van der Waals surface area contributed by atoms with Crippen molar-refractivity contribution in [2.75, 3.05) is 29.6 Å². The van der Waals surface area contributed by atoms with Gasteiger partial charge in [0, 0.05) is 6.42 Å². The molecule has 0 atom stereocenters. The van der Waals surface area contributed by atoms with Gasteiger partial charge in [0.25, 0.3) is 0 Å². The van der Waals surface area contributed by atoms with E-state index in [0.29, 0.717) is 27.4 Å². The number of esters is 2. The molecule has 0 unspecified atom stereocenters. The van der Waals surface area contributed by atoms with Gasteiger partial charge < -0.3 is 20.1 Å². The molecule has 36 heavy (non-hydrogen) atoms. The molecule has 196 valence electrons. The van der Waals surface area contributed by atoms with Crippen LogP contribution in [0.25, 0.3) is 0 Å². The molecule has 10 nitrogen and oxygen atoms in total. The third kappa shape index (κ3) is 7.74. The highest BCUT2D eigenvalue weighted by Crippen LogP contribution is 2.35. The van der Waals surface area contributed by atoms with E-state index < -0.39 is 11.9 Å². The number of rotatable bonds is 12. The lowest BCUT2D eigenvalue weighted by Gasteiger charge is -2.07. The van der Waals surface area contributed by atoms with Crippen LogP contribution in [-0.4, -0.2) is 52.9 Å². The number of thioether (sulfide) groups is 1. The van der Waals surface area contributed by atoms with Crippen molar-refractivity contribution >= 4 is 68.3 Å². The van der Waals surface area contributed by atoms with Gasteiger partial charge in [0.15, 0.2) is 4.34 Å². The minimum atomic E-state index is -0.623.